The molecule has 5 fully saturated rings. The van der Waals surface area contributed by atoms with Crippen LogP contribution in [0.2, 0.25) is 0 Å². The molecule has 0 unspecified atom stereocenters. The first-order valence-corrected chi connectivity index (χ1v) is 17.4. The molecule has 16 atom stereocenters. The van der Waals surface area contributed by atoms with Crippen LogP contribution in [0.5, 0.6) is 0 Å². The lowest BCUT2D eigenvalue weighted by molar-refractivity contribution is -0.336. The lowest BCUT2D eigenvalue weighted by atomic mass is 9.33. The second-order valence-electron chi connectivity index (χ2n) is 17.7. The fraction of sp³-hybridized carbons (Fsp3) is 0.917. The first kappa shape index (κ1) is 33.8. The molecule has 256 valence electrons. The second kappa shape index (κ2) is 10.5. The fourth-order valence-electron chi connectivity index (χ4n) is 12.5. The molecule has 1 aliphatic heterocycles. The van der Waals surface area contributed by atoms with E-state index in [0.29, 0.717) is 25.7 Å². The van der Waals surface area contributed by atoms with E-state index in [2.05, 4.69) is 47.6 Å². The molecule has 0 aromatic rings. The molecule has 0 aromatic carbocycles. The molecule has 0 aromatic heterocycles. The van der Waals surface area contributed by atoms with Gasteiger partial charge in [-0.3, -0.25) is 4.79 Å². The maximum Gasteiger partial charge on any atom is 0.310 e. The zero-order valence-electron chi connectivity index (χ0n) is 28.5. The van der Waals surface area contributed by atoms with E-state index in [1.807, 2.05) is 6.92 Å². The third kappa shape index (κ3) is 4.33. The van der Waals surface area contributed by atoms with Crippen LogP contribution in [0.3, 0.4) is 0 Å². The van der Waals surface area contributed by atoms with Crippen molar-refractivity contribution in [2.45, 2.75) is 155 Å². The average Bonchev–Trinajstić information content (AvgIpc) is 2.94. The maximum absolute atomic E-state index is 13.0. The summed E-state index contributed by atoms with van der Waals surface area (Å²) in [6.45, 7) is 16.9. The van der Waals surface area contributed by atoms with E-state index in [4.69, 9.17) is 9.47 Å². The molecule has 0 spiro atoms. The Morgan fingerprint density at radius 1 is 0.889 bits per heavy atom. The fourth-order valence-corrected chi connectivity index (χ4v) is 12.5. The van der Waals surface area contributed by atoms with Gasteiger partial charge in [-0.15, -0.1) is 0 Å². The molecule has 9 nitrogen and oxygen atoms in total. The Kier molecular flexibility index (Phi) is 7.86. The van der Waals surface area contributed by atoms with Crippen molar-refractivity contribution in [2.24, 2.45) is 50.7 Å². The Balaban J connectivity index is 1.35. The van der Waals surface area contributed by atoms with Crippen molar-refractivity contribution in [1.29, 1.82) is 0 Å². The van der Waals surface area contributed by atoms with Crippen LogP contribution in [0, 0.1) is 50.7 Å². The van der Waals surface area contributed by atoms with Gasteiger partial charge in [0.05, 0.1) is 29.3 Å². The third-order valence-corrected chi connectivity index (χ3v) is 15.5. The quantitative estimate of drug-likeness (QED) is 0.199. The van der Waals surface area contributed by atoms with E-state index in [-0.39, 0.29) is 34.0 Å². The second-order valence-corrected chi connectivity index (χ2v) is 17.7. The number of hydrogen-bond donors (Lipinski definition) is 6. The Morgan fingerprint density at radius 3 is 2.20 bits per heavy atom. The first-order chi connectivity index (χ1) is 20.7. The van der Waals surface area contributed by atoms with Crippen molar-refractivity contribution in [2.75, 3.05) is 0 Å². The number of fused-ring (bicyclic) bond motifs is 7. The van der Waals surface area contributed by atoms with Gasteiger partial charge in [0.15, 0.2) is 6.29 Å². The zero-order valence-corrected chi connectivity index (χ0v) is 28.5. The Labute approximate surface area is 268 Å². The first-order valence-electron chi connectivity index (χ1n) is 17.4. The van der Waals surface area contributed by atoms with Gasteiger partial charge in [-0.1, -0.05) is 53.2 Å². The van der Waals surface area contributed by atoms with E-state index < -0.39 is 71.2 Å². The largest absolute Gasteiger partial charge is 0.481 e. The van der Waals surface area contributed by atoms with Crippen LogP contribution in [-0.2, 0) is 14.3 Å². The number of rotatable bonds is 3. The van der Waals surface area contributed by atoms with Crippen LogP contribution in [0.25, 0.3) is 0 Å². The summed E-state index contributed by atoms with van der Waals surface area (Å²) in [6, 6.07) is 0. The summed E-state index contributed by atoms with van der Waals surface area (Å²) in [4.78, 5) is 13.0. The Bertz CT molecular complexity index is 1230. The summed E-state index contributed by atoms with van der Waals surface area (Å²) in [7, 11) is 0. The van der Waals surface area contributed by atoms with E-state index in [1.54, 1.807) is 6.92 Å². The highest BCUT2D eigenvalue weighted by Gasteiger charge is 2.72. The summed E-state index contributed by atoms with van der Waals surface area (Å²) < 4.78 is 12.1. The molecule has 0 amide bonds. The van der Waals surface area contributed by atoms with Crippen molar-refractivity contribution in [3.05, 3.63) is 11.6 Å². The van der Waals surface area contributed by atoms with Crippen LogP contribution in [0.15, 0.2) is 11.6 Å². The van der Waals surface area contributed by atoms with Gasteiger partial charge < -0.3 is 40.1 Å². The number of allylic oxidation sites excluding steroid dienone is 1. The number of carboxylic acid groups (broad SMARTS) is 1. The van der Waals surface area contributed by atoms with Gasteiger partial charge in [-0.2, -0.15) is 0 Å². The lowest BCUT2D eigenvalue weighted by Crippen LogP contribution is -2.69. The van der Waals surface area contributed by atoms with Gasteiger partial charge in [-0.25, -0.2) is 0 Å². The van der Waals surface area contributed by atoms with Crippen LogP contribution in [-0.4, -0.2) is 85.1 Å². The molecule has 6 N–H and O–H groups in total. The molecule has 0 bridgehead atoms. The third-order valence-electron chi connectivity index (χ3n) is 15.5. The summed E-state index contributed by atoms with van der Waals surface area (Å²) in [6.07, 6.45) is 0.567. The van der Waals surface area contributed by atoms with Crippen molar-refractivity contribution >= 4 is 5.97 Å². The van der Waals surface area contributed by atoms with Crippen molar-refractivity contribution in [1.82, 2.24) is 0 Å². The van der Waals surface area contributed by atoms with E-state index in [9.17, 15) is 35.4 Å². The highest BCUT2D eigenvalue weighted by molar-refractivity contribution is 5.77. The van der Waals surface area contributed by atoms with Gasteiger partial charge >= 0.3 is 5.97 Å². The van der Waals surface area contributed by atoms with Gasteiger partial charge in [0.2, 0.25) is 0 Å². The van der Waals surface area contributed by atoms with Crippen molar-refractivity contribution in [3.8, 4) is 0 Å². The molecule has 6 rings (SSSR count). The molecule has 6 aliphatic rings. The molecular formula is C36H58O9. The molecule has 4 saturated carbocycles. The molecule has 5 aliphatic carbocycles. The molecule has 1 saturated heterocycles. The SMILES string of the molecule is C[C@@H]1O[C@@H](O[C@H]2[C@H](O)C[C@]3(C)[C@H]4CC=C5[C@H]6[C@](C(=O)O)(CC[C@@H](C)[C@@]6(C)O)CC[C@@]5(C)[C@]4(C)CC[C@H]3C2(C)C)[C@H](O)[C@H](O)[C@H]1O. The standard InChI is InChI=1S/C36H58O9/c1-18-11-14-36(30(41)42)16-15-33(6)20(27(36)35(18,8)43)9-10-23-32(5)17-21(37)28(31(3,4)22(32)12-13-34(23,33)7)45-29-26(40)25(39)24(38)19(2)44-29/h9,18-19,21-29,37-40,43H,10-17H2,1-8H3,(H,41,42)/t18-,19+,21-,22+,23-,24+,25-,26-,27-,28+,29+,32+,33-,34-,35-,36+/m1/s1. The van der Waals surface area contributed by atoms with E-state index in [0.717, 1.165) is 31.3 Å². The molecular weight excluding hydrogens is 576 g/mol. The summed E-state index contributed by atoms with van der Waals surface area (Å²) in [5.74, 6) is -0.801. The summed E-state index contributed by atoms with van der Waals surface area (Å²) in [5, 5.41) is 65.9. The Morgan fingerprint density at radius 2 is 1.56 bits per heavy atom. The average molecular weight is 635 g/mol. The van der Waals surface area contributed by atoms with Crippen LogP contribution >= 0.6 is 0 Å². The van der Waals surface area contributed by atoms with E-state index in [1.165, 1.54) is 0 Å². The number of aliphatic hydroxyl groups is 5. The molecule has 0 radical (unpaired) electrons. The highest BCUT2D eigenvalue weighted by atomic mass is 16.7. The Hall–Kier alpha value is -1.07. The molecule has 9 heteroatoms. The minimum atomic E-state index is -1.44. The number of aliphatic hydroxyl groups excluding tert-OH is 4. The van der Waals surface area contributed by atoms with E-state index >= 15 is 0 Å². The number of aliphatic carboxylic acids is 1. The maximum atomic E-state index is 13.0. The van der Waals surface area contributed by atoms with Gasteiger partial charge in [0.25, 0.3) is 0 Å². The van der Waals surface area contributed by atoms with Crippen molar-refractivity contribution < 1.29 is 44.9 Å². The normalized spacial score (nSPS) is 57.4. The molecule has 1 heterocycles. The predicted molar refractivity (Wildman–Crippen MR) is 167 cm³/mol. The van der Waals surface area contributed by atoms with Crippen LogP contribution in [0.4, 0.5) is 0 Å². The number of carbonyl (C=O) groups is 1. The monoisotopic (exact) mass is 634 g/mol. The zero-order chi connectivity index (χ0) is 33.3. The minimum absolute atomic E-state index is 0.00209. The number of hydrogen-bond acceptors (Lipinski definition) is 8. The van der Waals surface area contributed by atoms with Gasteiger partial charge in [0.1, 0.15) is 18.3 Å². The summed E-state index contributed by atoms with van der Waals surface area (Å²) >= 11 is 0. The number of carboxylic acids is 1. The smallest absolute Gasteiger partial charge is 0.310 e. The van der Waals surface area contributed by atoms with Gasteiger partial charge in [0, 0.05) is 5.92 Å². The van der Waals surface area contributed by atoms with Crippen LogP contribution in [0.1, 0.15) is 107 Å². The topological polar surface area (TPSA) is 157 Å². The highest BCUT2D eigenvalue weighted by Crippen LogP contribution is 2.76. The summed E-state index contributed by atoms with van der Waals surface area (Å²) in [5.41, 5.74) is -2.13. The predicted octanol–water partition coefficient (Wildman–Crippen LogP) is 4.03. The lowest BCUT2D eigenvalue weighted by Gasteiger charge is -2.72. The van der Waals surface area contributed by atoms with Crippen LogP contribution < -0.4 is 0 Å². The van der Waals surface area contributed by atoms with Gasteiger partial charge in [-0.05, 0) is 105 Å². The van der Waals surface area contributed by atoms with Crippen molar-refractivity contribution in [3.63, 3.8) is 0 Å². The molecule has 45 heavy (non-hydrogen) atoms. The minimum Gasteiger partial charge on any atom is -0.481 e. The number of ether oxygens (including phenoxy) is 2.